The third-order valence-electron chi connectivity index (χ3n) is 3.13. The third kappa shape index (κ3) is 4.38. The summed E-state index contributed by atoms with van der Waals surface area (Å²) in [6.07, 6.45) is 5.83. The number of ether oxygens (including phenoxy) is 1. The van der Waals surface area contributed by atoms with Crippen LogP contribution in [0.5, 0.6) is 5.75 Å². The highest BCUT2D eigenvalue weighted by molar-refractivity contribution is 5.29. The summed E-state index contributed by atoms with van der Waals surface area (Å²) in [7, 11) is 0. The molecule has 1 N–H and O–H groups in total. The van der Waals surface area contributed by atoms with E-state index in [1.165, 1.54) is 5.56 Å². The fraction of sp³-hybridized carbons (Fsp3) is 0.438. The van der Waals surface area contributed by atoms with E-state index in [4.69, 9.17) is 4.74 Å². The first-order chi connectivity index (χ1) is 9.65. The smallest absolute Gasteiger partial charge is 0.119 e. The second-order valence-corrected chi connectivity index (χ2v) is 5.21. The summed E-state index contributed by atoms with van der Waals surface area (Å²) in [5.41, 5.74) is 1.27. The van der Waals surface area contributed by atoms with E-state index in [2.05, 4.69) is 33.9 Å². The molecule has 1 unspecified atom stereocenters. The minimum Gasteiger partial charge on any atom is -0.491 e. The molecule has 4 heteroatoms. The molecule has 4 nitrogen and oxygen atoms in total. The van der Waals surface area contributed by atoms with Gasteiger partial charge in [-0.3, -0.25) is 0 Å². The summed E-state index contributed by atoms with van der Waals surface area (Å²) in [5, 5.41) is 3.51. The van der Waals surface area contributed by atoms with Crippen LogP contribution in [0.2, 0.25) is 0 Å². The molecular formula is C16H23N3O. The number of aromatic nitrogens is 2. The van der Waals surface area contributed by atoms with Gasteiger partial charge in [0.15, 0.2) is 0 Å². The van der Waals surface area contributed by atoms with Crippen molar-refractivity contribution in [3.05, 3.63) is 48.5 Å². The summed E-state index contributed by atoms with van der Waals surface area (Å²) >= 11 is 0. The fourth-order valence-corrected chi connectivity index (χ4v) is 2.05. The van der Waals surface area contributed by atoms with Gasteiger partial charge in [0, 0.05) is 31.5 Å². The van der Waals surface area contributed by atoms with Gasteiger partial charge < -0.3 is 14.6 Å². The lowest BCUT2D eigenvalue weighted by molar-refractivity contribution is 0.242. The van der Waals surface area contributed by atoms with Crippen LogP contribution in [-0.2, 0) is 6.54 Å². The van der Waals surface area contributed by atoms with E-state index in [1.54, 1.807) is 6.20 Å². The van der Waals surface area contributed by atoms with Gasteiger partial charge in [0.2, 0.25) is 0 Å². The lowest BCUT2D eigenvalue weighted by Crippen LogP contribution is -2.23. The Bertz CT molecular complexity index is 491. The number of rotatable bonds is 7. The van der Waals surface area contributed by atoms with E-state index in [-0.39, 0.29) is 6.10 Å². The van der Waals surface area contributed by atoms with E-state index in [0.717, 1.165) is 18.8 Å². The predicted molar refractivity (Wildman–Crippen MR) is 80.9 cm³/mol. The first-order valence-electron chi connectivity index (χ1n) is 7.11. The first-order valence-corrected chi connectivity index (χ1v) is 7.11. The van der Waals surface area contributed by atoms with Crippen LogP contribution in [0.1, 0.15) is 32.4 Å². The summed E-state index contributed by atoms with van der Waals surface area (Å²) < 4.78 is 7.72. The molecule has 108 valence electrons. The molecular weight excluding hydrogens is 250 g/mol. The van der Waals surface area contributed by atoms with Crippen molar-refractivity contribution in [1.82, 2.24) is 14.9 Å². The summed E-state index contributed by atoms with van der Waals surface area (Å²) in [4.78, 5) is 4.03. The molecule has 0 aliphatic rings. The molecule has 0 radical (unpaired) electrons. The van der Waals surface area contributed by atoms with Crippen LogP contribution in [-0.4, -0.2) is 22.2 Å². The number of hydrogen-bond donors (Lipinski definition) is 1. The topological polar surface area (TPSA) is 39.1 Å². The van der Waals surface area contributed by atoms with Crippen LogP contribution in [0, 0.1) is 0 Å². The molecule has 0 spiro atoms. The first kappa shape index (κ1) is 14.6. The molecule has 1 aromatic carbocycles. The van der Waals surface area contributed by atoms with Crippen molar-refractivity contribution in [2.75, 3.05) is 6.54 Å². The summed E-state index contributed by atoms with van der Waals surface area (Å²) in [6.45, 7) is 8.09. The quantitative estimate of drug-likeness (QED) is 0.843. The Labute approximate surface area is 120 Å². The van der Waals surface area contributed by atoms with E-state index >= 15 is 0 Å². The normalized spacial score (nSPS) is 12.6. The van der Waals surface area contributed by atoms with Crippen LogP contribution in [0.4, 0.5) is 0 Å². The molecule has 1 aromatic heterocycles. The van der Waals surface area contributed by atoms with Gasteiger partial charge in [0.1, 0.15) is 5.75 Å². The number of imidazole rings is 1. The molecule has 0 saturated heterocycles. The Balaban J connectivity index is 1.81. The van der Waals surface area contributed by atoms with E-state index in [9.17, 15) is 0 Å². The molecule has 20 heavy (non-hydrogen) atoms. The standard InChI is InChI=1S/C16H23N3O/c1-13(2)20-16-6-4-15(5-7-16)14(3)18-9-11-19-10-8-17-12-19/h4-8,10,12-14,18H,9,11H2,1-3H3. The van der Waals surface area contributed by atoms with E-state index < -0.39 is 0 Å². The van der Waals surface area contributed by atoms with Gasteiger partial charge in [0.05, 0.1) is 12.4 Å². The third-order valence-corrected chi connectivity index (χ3v) is 3.13. The minimum atomic E-state index is 0.214. The van der Waals surface area contributed by atoms with Crippen LogP contribution < -0.4 is 10.1 Å². The van der Waals surface area contributed by atoms with Gasteiger partial charge in [-0.1, -0.05) is 12.1 Å². The van der Waals surface area contributed by atoms with Crippen LogP contribution >= 0.6 is 0 Å². The largest absolute Gasteiger partial charge is 0.491 e. The fourth-order valence-electron chi connectivity index (χ4n) is 2.05. The Morgan fingerprint density at radius 2 is 1.95 bits per heavy atom. The predicted octanol–water partition coefficient (Wildman–Crippen LogP) is 3.02. The van der Waals surface area contributed by atoms with Crippen molar-refractivity contribution in [2.45, 2.75) is 39.5 Å². The Kier molecular flexibility index (Phi) is 5.18. The lowest BCUT2D eigenvalue weighted by Gasteiger charge is -2.16. The van der Waals surface area contributed by atoms with Crippen LogP contribution in [0.3, 0.4) is 0 Å². The highest BCUT2D eigenvalue weighted by Gasteiger charge is 2.05. The van der Waals surface area contributed by atoms with Crippen molar-refractivity contribution in [3.8, 4) is 5.75 Å². The monoisotopic (exact) mass is 273 g/mol. The van der Waals surface area contributed by atoms with Crippen molar-refractivity contribution in [2.24, 2.45) is 0 Å². The zero-order valence-electron chi connectivity index (χ0n) is 12.4. The number of benzene rings is 1. The average Bonchev–Trinajstić information content (AvgIpc) is 2.92. The lowest BCUT2D eigenvalue weighted by atomic mass is 10.1. The van der Waals surface area contributed by atoms with Crippen molar-refractivity contribution in [3.63, 3.8) is 0 Å². The SMILES string of the molecule is CC(C)Oc1ccc(C(C)NCCn2ccnc2)cc1. The average molecular weight is 273 g/mol. The second-order valence-electron chi connectivity index (χ2n) is 5.21. The summed E-state index contributed by atoms with van der Waals surface area (Å²) in [5.74, 6) is 0.925. The van der Waals surface area contributed by atoms with Gasteiger partial charge in [-0.05, 0) is 38.5 Å². The number of nitrogens with zero attached hydrogens (tertiary/aromatic N) is 2. The maximum atomic E-state index is 5.65. The molecule has 2 aromatic rings. The van der Waals surface area contributed by atoms with E-state index in [1.807, 2.05) is 38.5 Å². The van der Waals surface area contributed by atoms with Gasteiger partial charge in [-0.15, -0.1) is 0 Å². The van der Waals surface area contributed by atoms with Crippen molar-refractivity contribution < 1.29 is 4.74 Å². The molecule has 0 fully saturated rings. The van der Waals surface area contributed by atoms with Gasteiger partial charge in [0.25, 0.3) is 0 Å². The zero-order valence-corrected chi connectivity index (χ0v) is 12.4. The zero-order chi connectivity index (χ0) is 14.4. The molecule has 1 heterocycles. The summed E-state index contributed by atoms with van der Waals surface area (Å²) in [6, 6.07) is 8.62. The minimum absolute atomic E-state index is 0.214. The molecule has 0 aliphatic carbocycles. The molecule has 0 bridgehead atoms. The Morgan fingerprint density at radius 1 is 1.20 bits per heavy atom. The Hall–Kier alpha value is -1.81. The Morgan fingerprint density at radius 3 is 2.55 bits per heavy atom. The second kappa shape index (κ2) is 7.10. The molecule has 0 aliphatic heterocycles. The van der Waals surface area contributed by atoms with Gasteiger partial charge in [-0.25, -0.2) is 4.98 Å². The van der Waals surface area contributed by atoms with Crippen molar-refractivity contribution in [1.29, 1.82) is 0 Å². The highest BCUT2D eigenvalue weighted by atomic mass is 16.5. The van der Waals surface area contributed by atoms with Gasteiger partial charge in [-0.2, -0.15) is 0 Å². The molecule has 0 amide bonds. The van der Waals surface area contributed by atoms with Crippen LogP contribution in [0.25, 0.3) is 0 Å². The molecule has 1 atom stereocenters. The van der Waals surface area contributed by atoms with Crippen LogP contribution in [0.15, 0.2) is 43.0 Å². The molecule has 0 saturated carbocycles. The maximum Gasteiger partial charge on any atom is 0.119 e. The number of hydrogen-bond acceptors (Lipinski definition) is 3. The number of nitrogens with one attached hydrogen (secondary N) is 1. The highest BCUT2D eigenvalue weighted by Crippen LogP contribution is 2.18. The maximum absolute atomic E-state index is 5.65. The van der Waals surface area contributed by atoms with E-state index in [0.29, 0.717) is 6.04 Å². The molecule has 2 rings (SSSR count). The van der Waals surface area contributed by atoms with Gasteiger partial charge >= 0.3 is 0 Å². The van der Waals surface area contributed by atoms with Crippen molar-refractivity contribution >= 4 is 0 Å².